The number of hydrogen-bond donors (Lipinski definition) is 1. The Morgan fingerprint density at radius 1 is 1.04 bits per heavy atom. The van der Waals surface area contributed by atoms with Gasteiger partial charge in [-0.25, -0.2) is 4.39 Å². The van der Waals surface area contributed by atoms with E-state index in [1.807, 2.05) is 37.2 Å². The number of amides is 1. The van der Waals surface area contributed by atoms with Crippen molar-refractivity contribution in [1.82, 2.24) is 9.80 Å². The first-order chi connectivity index (χ1) is 11.5. The minimum Gasteiger partial charge on any atom is -0.333 e. The van der Waals surface area contributed by atoms with Gasteiger partial charge in [-0.15, -0.1) is 12.4 Å². The van der Waals surface area contributed by atoms with Crippen molar-refractivity contribution in [2.45, 2.75) is 13.1 Å². The summed E-state index contributed by atoms with van der Waals surface area (Å²) in [4.78, 5) is 16.6. The lowest BCUT2D eigenvalue weighted by molar-refractivity contribution is 0.0732. The number of rotatable bonds is 7. The molecule has 25 heavy (non-hydrogen) atoms. The summed E-state index contributed by atoms with van der Waals surface area (Å²) in [5.41, 5.74) is 7.97. The number of halogens is 2. The Bertz CT molecular complexity index is 677. The molecule has 0 fully saturated rings. The zero-order chi connectivity index (χ0) is 17.5. The molecule has 0 saturated heterocycles. The van der Waals surface area contributed by atoms with Gasteiger partial charge in [0.2, 0.25) is 0 Å². The molecule has 0 spiro atoms. The maximum atomic E-state index is 13.4. The van der Waals surface area contributed by atoms with Crippen LogP contribution in [0.15, 0.2) is 48.5 Å². The highest BCUT2D eigenvalue weighted by molar-refractivity contribution is 5.94. The summed E-state index contributed by atoms with van der Waals surface area (Å²) in [6.07, 6.45) is 0. The minimum absolute atomic E-state index is 0. The molecule has 0 bridgehead atoms. The number of carbonyl (C=O) groups is 1. The molecule has 0 atom stereocenters. The van der Waals surface area contributed by atoms with Gasteiger partial charge in [-0.05, 0) is 49.5 Å². The number of nitrogens with zero attached hydrogens (tertiary/aromatic N) is 2. The Hall–Kier alpha value is -1.95. The van der Waals surface area contributed by atoms with Crippen molar-refractivity contribution in [1.29, 1.82) is 0 Å². The van der Waals surface area contributed by atoms with Gasteiger partial charge in [-0.2, -0.15) is 0 Å². The van der Waals surface area contributed by atoms with Gasteiger partial charge >= 0.3 is 0 Å². The molecule has 2 N–H and O–H groups in total. The summed E-state index contributed by atoms with van der Waals surface area (Å²) in [6, 6.07) is 13.7. The average molecular weight is 366 g/mol. The number of hydrogen-bond acceptors (Lipinski definition) is 3. The summed E-state index contributed by atoms with van der Waals surface area (Å²) < 4.78 is 13.4. The molecule has 0 unspecified atom stereocenters. The standard InChI is InChI=1S/C19H24FN3O.ClH/c1-22(2)10-11-23(14-16-4-3-5-18(20)12-16)19(24)17-8-6-15(13-21)7-9-17;/h3-9,12H,10-11,13-14,21H2,1-2H3;1H. The van der Waals surface area contributed by atoms with E-state index in [0.717, 1.165) is 17.7 Å². The van der Waals surface area contributed by atoms with Gasteiger partial charge < -0.3 is 15.5 Å². The third kappa shape index (κ3) is 6.46. The maximum absolute atomic E-state index is 13.4. The second kappa shape index (κ2) is 10.1. The lowest BCUT2D eigenvalue weighted by atomic mass is 10.1. The fourth-order valence-corrected chi connectivity index (χ4v) is 2.39. The van der Waals surface area contributed by atoms with Crippen molar-refractivity contribution in [2.75, 3.05) is 27.2 Å². The van der Waals surface area contributed by atoms with E-state index in [9.17, 15) is 9.18 Å². The topological polar surface area (TPSA) is 49.6 Å². The number of benzene rings is 2. The third-order valence-corrected chi connectivity index (χ3v) is 3.80. The normalized spacial score (nSPS) is 10.4. The number of carbonyl (C=O) groups excluding carboxylic acids is 1. The van der Waals surface area contributed by atoms with Gasteiger partial charge in [-0.1, -0.05) is 24.3 Å². The van der Waals surface area contributed by atoms with Crippen molar-refractivity contribution >= 4 is 18.3 Å². The monoisotopic (exact) mass is 365 g/mol. The highest BCUT2D eigenvalue weighted by Crippen LogP contribution is 2.12. The summed E-state index contributed by atoms with van der Waals surface area (Å²) in [6.45, 7) is 2.13. The minimum atomic E-state index is -0.292. The molecule has 2 aromatic rings. The van der Waals surface area contributed by atoms with E-state index in [1.54, 1.807) is 23.1 Å². The van der Waals surface area contributed by atoms with Crippen molar-refractivity contribution < 1.29 is 9.18 Å². The zero-order valence-corrected chi connectivity index (χ0v) is 15.4. The smallest absolute Gasteiger partial charge is 0.254 e. The molecule has 4 nitrogen and oxygen atoms in total. The van der Waals surface area contributed by atoms with Crippen LogP contribution in [0.1, 0.15) is 21.5 Å². The van der Waals surface area contributed by atoms with Crippen LogP contribution < -0.4 is 5.73 Å². The lowest BCUT2D eigenvalue weighted by Gasteiger charge is -2.25. The number of nitrogens with two attached hydrogens (primary N) is 1. The molecule has 6 heteroatoms. The Morgan fingerprint density at radius 2 is 1.72 bits per heavy atom. The Balaban J connectivity index is 0.00000312. The first-order valence-electron chi connectivity index (χ1n) is 7.97. The molecule has 136 valence electrons. The van der Waals surface area contributed by atoms with Gasteiger partial charge in [-0.3, -0.25) is 4.79 Å². The molecule has 1 amide bonds. The van der Waals surface area contributed by atoms with Crippen molar-refractivity contribution in [3.8, 4) is 0 Å². The zero-order valence-electron chi connectivity index (χ0n) is 14.6. The molecule has 0 aliphatic heterocycles. The van der Waals surface area contributed by atoms with Gasteiger partial charge in [0.25, 0.3) is 5.91 Å². The van der Waals surface area contributed by atoms with Crippen LogP contribution in [-0.4, -0.2) is 42.9 Å². The fraction of sp³-hybridized carbons (Fsp3) is 0.316. The molecular weight excluding hydrogens is 341 g/mol. The SMILES string of the molecule is CN(C)CCN(Cc1cccc(F)c1)C(=O)c1ccc(CN)cc1.Cl. The summed E-state index contributed by atoms with van der Waals surface area (Å²) >= 11 is 0. The Kier molecular flexibility index (Phi) is 8.55. The predicted octanol–water partition coefficient (Wildman–Crippen LogP) is 2.91. The molecule has 0 aliphatic rings. The first-order valence-corrected chi connectivity index (χ1v) is 7.97. The van der Waals surface area contributed by atoms with Crippen LogP contribution in [0.3, 0.4) is 0 Å². The maximum Gasteiger partial charge on any atom is 0.254 e. The third-order valence-electron chi connectivity index (χ3n) is 3.80. The van der Waals surface area contributed by atoms with E-state index in [2.05, 4.69) is 0 Å². The van der Waals surface area contributed by atoms with E-state index in [-0.39, 0.29) is 24.1 Å². The van der Waals surface area contributed by atoms with Gasteiger partial charge in [0.15, 0.2) is 0 Å². The second-order valence-corrected chi connectivity index (χ2v) is 6.06. The van der Waals surface area contributed by atoms with E-state index < -0.39 is 0 Å². The molecule has 0 saturated carbocycles. The van der Waals surface area contributed by atoms with E-state index in [4.69, 9.17) is 5.73 Å². The first kappa shape index (κ1) is 21.1. The largest absolute Gasteiger partial charge is 0.333 e. The van der Waals surface area contributed by atoms with Crippen LogP contribution in [0.5, 0.6) is 0 Å². The van der Waals surface area contributed by atoms with Crippen LogP contribution in [-0.2, 0) is 13.1 Å². The highest BCUT2D eigenvalue weighted by atomic mass is 35.5. The molecular formula is C19H25ClFN3O. The van der Waals surface area contributed by atoms with E-state index in [1.165, 1.54) is 12.1 Å². The predicted molar refractivity (Wildman–Crippen MR) is 101 cm³/mol. The van der Waals surface area contributed by atoms with Crippen molar-refractivity contribution in [2.24, 2.45) is 5.73 Å². The van der Waals surface area contributed by atoms with Crippen molar-refractivity contribution in [3.63, 3.8) is 0 Å². The second-order valence-electron chi connectivity index (χ2n) is 6.06. The van der Waals surface area contributed by atoms with Crippen molar-refractivity contribution in [3.05, 3.63) is 71.0 Å². The van der Waals surface area contributed by atoms with Crippen LogP contribution in [0.4, 0.5) is 4.39 Å². The lowest BCUT2D eigenvalue weighted by Crippen LogP contribution is -2.36. The molecule has 2 rings (SSSR count). The van der Waals surface area contributed by atoms with Crippen LogP contribution in [0.2, 0.25) is 0 Å². The summed E-state index contributed by atoms with van der Waals surface area (Å²) in [5.74, 6) is -0.357. The summed E-state index contributed by atoms with van der Waals surface area (Å²) in [7, 11) is 3.92. The highest BCUT2D eigenvalue weighted by Gasteiger charge is 2.16. The van der Waals surface area contributed by atoms with Gasteiger partial charge in [0.1, 0.15) is 5.82 Å². The molecule has 0 aromatic heterocycles. The van der Waals surface area contributed by atoms with Gasteiger partial charge in [0.05, 0.1) is 0 Å². The summed E-state index contributed by atoms with van der Waals surface area (Å²) in [5, 5.41) is 0. The molecule has 0 aliphatic carbocycles. The van der Waals surface area contributed by atoms with Gasteiger partial charge in [0, 0.05) is 31.7 Å². The van der Waals surface area contributed by atoms with E-state index >= 15 is 0 Å². The quantitative estimate of drug-likeness (QED) is 0.820. The average Bonchev–Trinajstić information content (AvgIpc) is 2.58. The van der Waals surface area contributed by atoms with Crippen LogP contribution >= 0.6 is 12.4 Å². The van der Waals surface area contributed by atoms with Crippen LogP contribution in [0.25, 0.3) is 0 Å². The fourth-order valence-electron chi connectivity index (χ4n) is 2.39. The Labute approximate surface area is 154 Å². The molecule has 0 radical (unpaired) electrons. The van der Waals surface area contributed by atoms with Crippen LogP contribution in [0, 0.1) is 5.82 Å². The number of likely N-dealkylation sites (N-methyl/N-ethyl adjacent to an activating group) is 1. The molecule has 2 aromatic carbocycles. The molecule has 0 heterocycles. The van der Waals surface area contributed by atoms with E-state index in [0.29, 0.717) is 25.2 Å². The Morgan fingerprint density at radius 3 is 2.28 bits per heavy atom.